The van der Waals surface area contributed by atoms with Gasteiger partial charge < -0.3 is 10.4 Å². The second-order valence-electron chi connectivity index (χ2n) is 6.14. The number of hydrogen-bond acceptors (Lipinski definition) is 3. The van der Waals surface area contributed by atoms with E-state index in [-0.39, 0.29) is 17.8 Å². The normalized spacial score (nSPS) is 15.5. The average molecular weight is 302 g/mol. The van der Waals surface area contributed by atoms with Crippen LogP contribution in [0.25, 0.3) is 0 Å². The van der Waals surface area contributed by atoms with E-state index in [9.17, 15) is 9.50 Å². The molecule has 0 bridgehead atoms. The summed E-state index contributed by atoms with van der Waals surface area (Å²) in [5, 5.41) is 14.0. The van der Waals surface area contributed by atoms with Gasteiger partial charge in [0.2, 0.25) is 0 Å². The van der Waals surface area contributed by atoms with E-state index in [0.29, 0.717) is 6.54 Å². The van der Waals surface area contributed by atoms with Crippen molar-refractivity contribution in [1.82, 2.24) is 10.3 Å². The quantitative estimate of drug-likeness (QED) is 0.859. The minimum Gasteiger partial charge on any atom is -0.384 e. The van der Waals surface area contributed by atoms with Crippen molar-refractivity contribution in [3.8, 4) is 0 Å². The lowest BCUT2D eigenvalue weighted by molar-refractivity contribution is 0.0517. The lowest BCUT2D eigenvalue weighted by Crippen LogP contribution is -2.39. The Kier molecular flexibility index (Phi) is 5.27. The van der Waals surface area contributed by atoms with Crippen LogP contribution in [0.15, 0.2) is 48.7 Å². The Morgan fingerprint density at radius 2 is 1.86 bits per heavy atom. The number of nitrogens with one attached hydrogen (secondary N) is 1. The minimum atomic E-state index is -0.978. The third kappa shape index (κ3) is 4.12. The number of nitrogens with zero attached hydrogens (tertiary/aromatic N) is 1. The van der Waals surface area contributed by atoms with Gasteiger partial charge in [0.1, 0.15) is 5.82 Å². The maximum atomic E-state index is 13.0. The summed E-state index contributed by atoms with van der Waals surface area (Å²) in [7, 11) is 0. The molecule has 1 aromatic heterocycles. The molecule has 0 spiro atoms. The van der Waals surface area contributed by atoms with E-state index >= 15 is 0 Å². The first-order valence-corrected chi connectivity index (χ1v) is 7.53. The predicted molar refractivity (Wildman–Crippen MR) is 85.8 cm³/mol. The smallest absolute Gasteiger partial charge is 0.141 e. The molecule has 0 fully saturated rings. The van der Waals surface area contributed by atoms with Crippen molar-refractivity contribution in [2.75, 3.05) is 6.54 Å². The maximum absolute atomic E-state index is 13.0. The van der Waals surface area contributed by atoms with Crippen LogP contribution in [0, 0.1) is 11.7 Å². The van der Waals surface area contributed by atoms with Crippen molar-refractivity contribution >= 4 is 0 Å². The van der Waals surface area contributed by atoms with E-state index in [1.165, 1.54) is 12.3 Å². The summed E-state index contributed by atoms with van der Waals surface area (Å²) in [6.45, 7) is 6.31. The fourth-order valence-electron chi connectivity index (χ4n) is 2.46. The molecule has 1 heterocycles. The molecule has 0 radical (unpaired) electrons. The van der Waals surface area contributed by atoms with Crippen LogP contribution in [0.4, 0.5) is 4.39 Å². The molecule has 0 saturated heterocycles. The molecule has 2 aromatic rings. The highest BCUT2D eigenvalue weighted by atomic mass is 19.1. The van der Waals surface area contributed by atoms with Gasteiger partial charge in [-0.25, -0.2) is 4.39 Å². The molecule has 2 unspecified atom stereocenters. The highest BCUT2D eigenvalue weighted by Crippen LogP contribution is 2.24. The van der Waals surface area contributed by atoms with Crippen LogP contribution in [0.3, 0.4) is 0 Å². The van der Waals surface area contributed by atoms with E-state index in [0.717, 1.165) is 11.3 Å². The summed E-state index contributed by atoms with van der Waals surface area (Å²) in [6, 6.07) is 12.6. The molecule has 22 heavy (non-hydrogen) atoms. The summed E-state index contributed by atoms with van der Waals surface area (Å²) in [5.41, 5.74) is 0.659. The molecule has 0 saturated carbocycles. The first-order valence-electron chi connectivity index (χ1n) is 7.53. The van der Waals surface area contributed by atoms with Crippen molar-refractivity contribution in [3.63, 3.8) is 0 Å². The molecule has 1 aromatic carbocycles. The zero-order valence-corrected chi connectivity index (χ0v) is 13.3. The molecule has 2 N–H and O–H groups in total. The molecule has 118 valence electrons. The molecule has 0 amide bonds. The Labute approximate surface area is 131 Å². The second kappa shape index (κ2) is 6.99. The van der Waals surface area contributed by atoms with Gasteiger partial charge >= 0.3 is 0 Å². The Hall–Kier alpha value is -1.78. The Bertz CT molecular complexity index is 582. The zero-order chi connectivity index (χ0) is 16.2. The molecular weight excluding hydrogens is 279 g/mol. The van der Waals surface area contributed by atoms with Crippen molar-refractivity contribution in [2.45, 2.75) is 32.4 Å². The third-order valence-electron chi connectivity index (χ3n) is 3.80. The maximum Gasteiger partial charge on any atom is 0.141 e. The third-order valence-corrected chi connectivity index (χ3v) is 3.80. The van der Waals surface area contributed by atoms with E-state index in [1.54, 1.807) is 13.0 Å². The Morgan fingerprint density at radius 1 is 1.18 bits per heavy atom. The molecule has 4 heteroatoms. The highest BCUT2D eigenvalue weighted by molar-refractivity contribution is 5.22. The van der Waals surface area contributed by atoms with Gasteiger partial charge in [-0.15, -0.1) is 0 Å². The van der Waals surface area contributed by atoms with Gasteiger partial charge in [0.15, 0.2) is 0 Å². The molecule has 3 nitrogen and oxygen atoms in total. The molecule has 0 aliphatic carbocycles. The van der Waals surface area contributed by atoms with Gasteiger partial charge in [0.25, 0.3) is 0 Å². The van der Waals surface area contributed by atoms with Crippen molar-refractivity contribution < 1.29 is 9.50 Å². The summed E-state index contributed by atoms with van der Waals surface area (Å²) >= 11 is 0. The Morgan fingerprint density at radius 3 is 2.41 bits per heavy atom. The van der Waals surface area contributed by atoms with Crippen LogP contribution >= 0.6 is 0 Å². The largest absolute Gasteiger partial charge is 0.384 e. The number of hydrogen-bond donors (Lipinski definition) is 2. The summed E-state index contributed by atoms with van der Waals surface area (Å²) in [6.07, 6.45) is 1.22. The molecule has 0 aliphatic rings. The fraction of sp³-hybridized carbons (Fsp3) is 0.389. The van der Waals surface area contributed by atoms with Gasteiger partial charge in [0.05, 0.1) is 23.5 Å². The van der Waals surface area contributed by atoms with Crippen LogP contribution in [0.1, 0.15) is 38.1 Å². The lowest BCUT2D eigenvalue weighted by atomic mass is 9.94. The van der Waals surface area contributed by atoms with Gasteiger partial charge in [-0.1, -0.05) is 44.2 Å². The van der Waals surface area contributed by atoms with Gasteiger partial charge in [-0.2, -0.15) is 0 Å². The number of pyridine rings is 1. The SMILES string of the molecule is CC(C)C(NCC(C)(O)c1ccccc1)c1ccc(F)cn1. The second-order valence-corrected chi connectivity index (χ2v) is 6.14. The minimum absolute atomic E-state index is 0.0456. The lowest BCUT2D eigenvalue weighted by Gasteiger charge is -2.29. The summed E-state index contributed by atoms with van der Waals surface area (Å²) in [5.74, 6) is -0.0768. The fourth-order valence-corrected chi connectivity index (χ4v) is 2.46. The highest BCUT2D eigenvalue weighted by Gasteiger charge is 2.26. The first kappa shape index (κ1) is 16.6. The number of benzene rings is 1. The van der Waals surface area contributed by atoms with Crippen LogP contribution in [-0.4, -0.2) is 16.6 Å². The number of aliphatic hydroxyl groups is 1. The monoisotopic (exact) mass is 302 g/mol. The molecule has 0 aliphatic heterocycles. The van der Waals surface area contributed by atoms with E-state index in [4.69, 9.17) is 0 Å². The summed E-state index contributed by atoms with van der Waals surface area (Å²) < 4.78 is 13.0. The van der Waals surface area contributed by atoms with Gasteiger partial charge in [-0.3, -0.25) is 4.98 Å². The standard InChI is InChI=1S/C18H23FN2O/c1-13(2)17(16-10-9-15(19)11-20-16)21-12-18(3,22)14-7-5-4-6-8-14/h4-11,13,17,21-22H,12H2,1-3H3. The predicted octanol–water partition coefficient (Wildman–Crippen LogP) is 3.42. The van der Waals surface area contributed by atoms with Crippen LogP contribution in [0.5, 0.6) is 0 Å². The van der Waals surface area contributed by atoms with Crippen molar-refractivity contribution in [1.29, 1.82) is 0 Å². The van der Waals surface area contributed by atoms with Gasteiger partial charge in [0, 0.05) is 6.54 Å². The van der Waals surface area contributed by atoms with E-state index < -0.39 is 5.60 Å². The van der Waals surface area contributed by atoms with Crippen LogP contribution < -0.4 is 5.32 Å². The van der Waals surface area contributed by atoms with Crippen molar-refractivity contribution in [3.05, 3.63) is 65.7 Å². The van der Waals surface area contributed by atoms with E-state index in [2.05, 4.69) is 24.1 Å². The molecule has 2 atom stereocenters. The number of halogens is 1. The Balaban J connectivity index is 2.11. The average Bonchev–Trinajstić information content (AvgIpc) is 2.50. The topological polar surface area (TPSA) is 45.1 Å². The number of rotatable bonds is 6. The van der Waals surface area contributed by atoms with Gasteiger partial charge in [-0.05, 0) is 30.5 Å². The number of aromatic nitrogens is 1. The summed E-state index contributed by atoms with van der Waals surface area (Å²) in [4.78, 5) is 4.15. The van der Waals surface area contributed by atoms with Crippen LogP contribution in [0.2, 0.25) is 0 Å². The zero-order valence-electron chi connectivity index (χ0n) is 13.3. The van der Waals surface area contributed by atoms with Crippen LogP contribution in [-0.2, 0) is 5.60 Å². The molecular formula is C18H23FN2O. The van der Waals surface area contributed by atoms with Crippen molar-refractivity contribution in [2.24, 2.45) is 5.92 Å². The van der Waals surface area contributed by atoms with E-state index in [1.807, 2.05) is 30.3 Å². The first-order chi connectivity index (χ1) is 10.4. The molecule has 2 rings (SSSR count).